The van der Waals surface area contributed by atoms with Crippen LogP contribution in [0.2, 0.25) is 0 Å². The van der Waals surface area contributed by atoms with E-state index in [-0.39, 0.29) is 5.97 Å². The van der Waals surface area contributed by atoms with E-state index in [1.54, 1.807) is 0 Å². The second-order valence-electron chi connectivity index (χ2n) is 11.3. The van der Waals surface area contributed by atoms with E-state index in [0.717, 1.165) is 56.9 Å². The SMILES string of the molecule is CCCC(C)CCC(CCC)CCC(=O)Oc1cccc2c1CCC(N(CCC)CCc1cccs1)C2. The summed E-state index contributed by atoms with van der Waals surface area (Å²) in [4.78, 5) is 17.0. The Morgan fingerprint density at radius 3 is 2.57 bits per heavy atom. The van der Waals surface area contributed by atoms with Gasteiger partial charge in [-0.15, -0.1) is 11.3 Å². The van der Waals surface area contributed by atoms with Crippen molar-refractivity contribution in [1.82, 2.24) is 4.90 Å². The van der Waals surface area contributed by atoms with Gasteiger partial charge in [-0.05, 0) is 85.5 Å². The summed E-state index contributed by atoms with van der Waals surface area (Å²) in [6.07, 6.45) is 14.5. The zero-order chi connectivity index (χ0) is 26.5. The van der Waals surface area contributed by atoms with Gasteiger partial charge >= 0.3 is 5.97 Å². The van der Waals surface area contributed by atoms with Gasteiger partial charge in [0.1, 0.15) is 5.75 Å². The predicted molar refractivity (Wildman–Crippen MR) is 159 cm³/mol. The van der Waals surface area contributed by atoms with Crippen LogP contribution in [-0.4, -0.2) is 30.0 Å². The summed E-state index contributed by atoms with van der Waals surface area (Å²) in [5.41, 5.74) is 2.63. The van der Waals surface area contributed by atoms with Crippen molar-refractivity contribution in [2.24, 2.45) is 11.8 Å². The minimum absolute atomic E-state index is 0.0539. The Kier molecular flexibility index (Phi) is 13.2. The number of fused-ring (bicyclic) bond motifs is 1. The van der Waals surface area contributed by atoms with Crippen molar-refractivity contribution >= 4 is 17.3 Å². The molecule has 206 valence electrons. The van der Waals surface area contributed by atoms with E-state index in [1.165, 1.54) is 60.9 Å². The third-order valence-corrected chi connectivity index (χ3v) is 9.13. The Bertz CT molecular complexity index is 909. The number of nitrogens with zero attached hydrogens (tertiary/aromatic N) is 1. The standard InChI is InChI=1S/C33H51NO2S/c1-5-10-26(4)15-16-27(11-6-2)17-20-33(35)36-32-14-8-12-28-25-29(18-19-31(28)32)34(22-7-3)23-21-30-13-9-24-37-30/h8-9,12-14,24,26-27,29H,5-7,10-11,15-23,25H2,1-4H3. The second kappa shape index (κ2) is 16.3. The van der Waals surface area contributed by atoms with Crippen LogP contribution >= 0.6 is 11.3 Å². The van der Waals surface area contributed by atoms with Crippen LogP contribution < -0.4 is 4.74 Å². The third-order valence-electron chi connectivity index (χ3n) is 8.19. The lowest BCUT2D eigenvalue weighted by Crippen LogP contribution is -2.41. The van der Waals surface area contributed by atoms with Gasteiger partial charge in [0.2, 0.25) is 0 Å². The van der Waals surface area contributed by atoms with E-state index in [0.29, 0.717) is 18.4 Å². The normalized spacial score (nSPS) is 16.9. The molecule has 1 aromatic heterocycles. The summed E-state index contributed by atoms with van der Waals surface area (Å²) in [5.74, 6) is 2.19. The smallest absolute Gasteiger partial charge is 0.311 e. The van der Waals surface area contributed by atoms with Crippen molar-refractivity contribution in [3.05, 3.63) is 51.7 Å². The summed E-state index contributed by atoms with van der Waals surface area (Å²) in [6.45, 7) is 11.5. The van der Waals surface area contributed by atoms with Gasteiger partial charge in [-0.1, -0.05) is 84.4 Å². The molecular weight excluding hydrogens is 474 g/mol. The van der Waals surface area contributed by atoms with E-state index < -0.39 is 0 Å². The number of benzene rings is 1. The molecule has 1 heterocycles. The van der Waals surface area contributed by atoms with Crippen LogP contribution in [0.5, 0.6) is 5.75 Å². The van der Waals surface area contributed by atoms with E-state index in [4.69, 9.17) is 4.74 Å². The second-order valence-corrected chi connectivity index (χ2v) is 12.3. The van der Waals surface area contributed by atoms with Gasteiger partial charge in [-0.3, -0.25) is 9.69 Å². The van der Waals surface area contributed by atoms with Crippen LogP contribution in [0.25, 0.3) is 0 Å². The lowest BCUT2D eigenvalue weighted by molar-refractivity contribution is -0.134. The monoisotopic (exact) mass is 525 g/mol. The fourth-order valence-corrected chi connectivity index (χ4v) is 6.83. The van der Waals surface area contributed by atoms with E-state index in [1.807, 2.05) is 17.4 Å². The molecule has 0 N–H and O–H groups in total. The van der Waals surface area contributed by atoms with Crippen LogP contribution in [0.1, 0.15) is 108 Å². The van der Waals surface area contributed by atoms with E-state index >= 15 is 0 Å². The third kappa shape index (κ3) is 9.87. The molecule has 37 heavy (non-hydrogen) atoms. The Labute approximate surface area is 231 Å². The van der Waals surface area contributed by atoms with Crippen LogP contribution in [0.15, 0.2) is 35.7 Å². The molecule has 3 atom stereocenters. The minimum Gasteiger partial charge on any atom is -0.426 e. The van der Waals surface area contributed by atoms with Gasteiger partial charge in [-0.25, -0.2) is 0 Å². The van der Waals surface area contributed by atoms with Gasteiger partial charge in [0.15, 0.2) is 0 Å². The number of esters is 1. The number of hydrogen-bond donors (Lipinski definition) is 0. The number of thiophene rings is 1. The maximum absolute atomic E-state index is 12.9. The number of carbonyl (C=O) groups is 1. The largest absolute Gasteiger partial charge is 0.426 e. The first kappa shape index (κ1) is 29.9. The van der Waals surface area contributed by atoms with Crippen LogP contribution in [0.4, 0.5) is 0 Å². The van der Waals surface area contributed by atoms with Crippen molar-refractivity contribution in [1.29, 1.82) is 0 Å². The minimum atomic E-state index is -0.0539. The molecular formula is C33H51NO2S. The first-order chi connectivity index (χ1) is 18.0. The summed E-state index contributed by atoms with van der Waals surface area (Å²) in [5, 5.41) is 2.18. The first-order valence-corrected chi connectivity index (χ1v) is 16.0. The first-order valence-electron chi connectivity index (χ1n) is 15.1. The van der Waals surface area contributed by atoms with Crippen LogP contribution in [-0.2, 0) is 24.1 Å². The molecule has 1 aliphatic rings. The predicted octanol–water partition coefficient (Wildman–Crippen LogP) is 8.88. The number of hydrogen-bond acceptors (Lipinski definition) is 4. The fourth-order valence-electron chi connectivity index (χ4n) is 6.13. The molecule has 3 unspecified atom stereocenters. The number of carbonyl (C=O) groups excluding carboxylic acids is 1. The van der Waals surface area contributed by atoms with Crippen molar-refractivity contribution in [3.8, 4) is 5.75 Å². The lowest BCUT2D eigenvalue weighted by Gasteiger charge is -2.35. The van der Waals surface area contributed by atoms with Crippen molar-refractivity contribution < 1.29 is 9.53 Å². The quantitative estimate of drug-likeness (QED) is 0.153. The fraction of sp³-hybridized carbons (Fsp3) is 0.667. The average Bonchev–Trinajstić information content (AvgIpc) is 3.42. The van der Waals surface area contributed by atoms with Crippen LogP contribution in [0.3, 0.4) is 0 Å². The maximum atomic E-state index is 12.9. The summed E-state index contributed by atoms with van der Waals surface area (Å²) in [7, 11) is 0. The summed E-state index contributed by atoms with van der Waals surface area (Å²) in [6, 6.07) is 11.3. The molecule has 3 rings (SSSR count). The summed E-state index contributed by atoms with van der Waals surface area (Å²) >= 11 is 1.86. The molecule has 0 fully saturated rings. The molecule has 2 aromatic rings. The molecule has 0 radical (unpaired) electrons. The average molecular weight is 526 g/mol. The van der Waals surface area contributed by atoms with Crippen molar-refractivity contribution in [2.75, 3.05) is 13.1 Å². The molecule has 0 saturated heterocycles. The Hall–Kier alpha value is -1.65. The zero-order valence-electron chi connectivity index (χ0n) is 24.0. The molecule has 0 bridgehead atoms. The molecule has 4 heteroatoms. The Morgan fingerprint density at radius 1 is 1.00 bits per heavy atom. The van der Waals surface area contributed by atoms with Gasteiger partial charge in [-0.2, -0.15) is 0 Å². The molecule has 1 aliphatic carbocycles. The summed E-state index contributed by atoms with van der Waals surface area (Å²) < 4.78 is 5.99. The number of ether oxygens (including phenoxy) is 1. The van der Waals surface area contributed by atoms with Gasteiger partial charge < -0.3 is 4.74 Å². The van der Waals surface area contributed by atoms with Gasteiger partial charge in [0, 0.05) is 23.9 Å². The topological polar surface area (TPSA) is 29.5 Å². The molecule has 3 nitrogen and oxygen atoms in total. The highest BCUT2D eigenvalue weighted by molar-refractivity contribution is 7.09. The highest BCUT2D eigenvalue weighted by Gasteiger charge is 2.26. The Balaban J connectivity index is 1.54. The molecule has 1 aromatic carbocycles. The van der Waals surface area contributed by atoms with E-state index in [2.05, 4.69) is 62.2 Å². The van der Waals surface area contributed by atoms with Crippen molar-refractivity contribution in [2.45, 2.75) is 117 Å². The van der Waals surface area contributed by atoms with Gasteiger partial charge in [0.05, 0.1) is 0 Å². The highest BCUT2D eigenvalue weighted by atomic mass is 32.1. The van der Waals surface area contributed by atoms with Gasteiger partial charge in [0.25, 0.3) is 0 Å². The maximum Gasteiger partial charge on any atom is 0.311 e. The highest BCUT2D eigenvalue weighted by Crippen LogP contribution is 2.32. The van der Waals surface area contributed by atoms with Crippen LogP contribution in [0, 0.1) is 11.8 Å². The lowest BCUT2D eigenvalue weighted by atomic mass is 9.86. The molecule has 0 aliphatic heterocycles. The van der Waals surface area contributed by atoms with E-state index in [9.17, 15) is 4.79 Å². The molecule has 0 saturated carbocycles. The zero-order valence-corrected chi connectivity index (χ0v) is 24.8. The molecule has 0 spiro atoms. The Morgan fingerprint density at radius 2 is 1.84 bits per heavy atom. The number of rotatable bonds is 17. The molecule has 0 amide bonds. The van der Waals surface area contributed by atoms with Crippen molar-refractivity contribution in [3.63, 3.8) is 0 Å².